The lowest BCUT2D eigenvalue weighted by Crippen LogP contribution is -2.20. The van der Waals surface area contributed by atoms with Crippen LogP contribution in [-0.4, -0.2) is 19.7 Å². The zero-order valence-corrected chi connectivity index (χ0v) is 12.4. The van der Waals surface area contributed by atoms with Gasteiger partial charge in [-0.1, -0.05) is 29.8 Å². The predicted octanol–water partition coefficient (Wildman–Crippen LogP) is 3.74. The number of hydrogen-bond donors (Lipinski definition) is 1. The molecular weight excluding hydrogens is 265 g/mol. The molecule has 0 radical (unpaired) electrons. The SMILES string of the molecule is Cc1ccc(OCCCNCCc2ccc(F)cc2)cc1. The van der Waals surface area contributed by atoms with Crippen LogP contribution in [0, 0.1) is 12.7 Å². The van der Waals surface area contributed by atoms with Crippen molar-refractivity contribution in [1.29, 1.82) is 0 Å². The molecule has 2 nitrogen and oxygen atoms in total. The van der Waals surface area contributed by atoms with Crippen LogP contribution in [0.5, 0.6) is 5.75 Å². The Kier molecular flexibility index (Phi) is 6.22. The van der Waals surface area contributed by atoms with Gasteiger partial charge >= 0.3 is 0 Å². The van der Waals surface area contributed by atoms with Crippen molar-refractivity contribution in [2.45, 2.75) is 19.8 Å². The van der Waals surface area contributed by atoms with Crippen LogP contribution in [-0.2, 0) is 6.42 Å². The lowest BCUT2D eigenvalue weighted by atomic mass is 10.1. The molecule has 0 aliphatic carbocycles. The zero-order valence-electron chi connectivity index (χ0n) is 12.4. The molecule has 0 saturated carbocycles. The van der Waals surface area contributed by atoms with Crippen LogP contribution in [0.2, 0.25) is 0 Å². The monoisotopic (exact) mass is 287 g/mol. The second kappa shape index (κ2) is 8.42. The topological polar surface area (TPSA) is 21.3 Å². The Morgan fingerprint density at radius 1 is 0.952 bits per heavy atom. The molecule has 0 bridgehead atoms. The number of benzene rings is 2. The Morgan fingerprint density at radius 3 is 2.38 bits per heavy atom. The maximum Gasteiger partial charge on any atom is 0.123 e. The summed E-state index contributed by atoms with van der Waals surface area (Å²) in [4.78, 5) is 0. The van der Waals surface area contributed by atoms with Gasteiger partial charge in [-0.05, 0) is 62.7 Å². The molecule has 112 valence electrons. The van der Waals surface area contributed by atoms with Crippen LogP contribution in [0.15, 0.2) is 48.5 Å². The maximum atomic E-state index is 12.7. The molecule has 21 heavy (non-hydrogen) atoms. The third kappa shape index (κ3) is 5.96. The fraction of sp³-hybridized carbons (Fsp3) is 0.333. The van der Waals surface area contributed by atoms with E-state index in [1.165, 1.54) is 17.7 Å². The zero-order chi connectivity index (χ0) is 14.9. The summed E-state index contributed by atoms with van der Waals surface area (Å²) < 4.78 is 18.4. The molecule has 2 aromatic carbocycles. The standard InChI is InChI=1S/C18H22FNO/c1-15-3-9-18(10-4-15)21-14-2-12-20-13-11-16-5-7-17(19)8-6-16/h3-10,20H,2,11-14H2,1H3. The third-order valence-electron chi connectivity index (χ3n) is 3.29. The van der Waals surface area contributed by atoms with Gasteiger partial charge in [-0.3, -0.25) is 0 Å². The summed E-state index contributed by atoms with van der Waals surface area (Å²) in [5, 5.41) is 3.37. The largest absolute Gasteiger partial charge is 0.494 e. The van der Waals surface area contributed by atoms with Crippen molar-refractivity contribution < 1.29 is 9.13 Å². The van der Waals surface area contributed by atoms with Crippen LogP contribution >= 0.6 is 0 Å². The molecule has 1 N–H and O–H groups in total. The summed E-state index contributed by atoms with van der Waals surface area (Å²) in [6.45, 7) is 4.60. The fourth-order valence-electron chi connectivity index (χ4n) is 2.03. The van der Waals surface area contributed by atoms with Gasteiger partial charge in [-0.15, -0.1) is 0 Å². The Morgan fingerprint density at radius 2 is 1.67 bits per heavy atom. The van der Waals surface area contributed by atoms with Crippen molar-refractivity contribution in [2.75, 3.05) is 19.7 Å². The molecule has 0 atom stereocenters. The Balaban J connectivity index is 1.52. The van der Waals surface area contributed by atoms with E-state index in [4.69, 9.17) is 4.74 Å². The van der Waals surface area contributed by atoms with Gasteiger partial charge < -0.3 is 10.1 Å². The quantitative estimate of drug-likeness (QED) is 0.747. The Labute approximate surface area is 126 Å². The van der Waals surface area contributed by atoms with Gasteiger partial charge in [-0.25, -0.2) is 4.39 Å². The average molecular weight is 287 g/mol. The number of nitrogens with one attached hydrogen (secondary N) is 1. The van der Waals surface area contributed by atoms with E-state index in [9.17, 15) is 4.39 Å². The molecule has 0 heterocycles. The molecule has 0 unspecified atom stereocenters. The molecule has 2 rings (SSSR count). The number of ether oxygens (including phenoxy) is 1. The highest BCUT2D eigenvalue weighted by molar-refractivity contribution is 5.26. The van der Waals surface area contributed by atoms with Gasteiger partial charge in [0.25, 0.3) is 0 Å². The van der Waals surface area contributed by atoms with E-state index in [0.29, 0.717) is 6.61 Å². The predicted molar refractivity (Wildman–Crippen MR) is 84.3 cm³/mol. The van der Waals surface area contributed by atoms with Crippen LogP contribution < -0.4 is 10.1 Å². The number of rotatable bonds is 8. The minimum atomic E-state index is -0.181. The molecule has 0 saturated heterocycles. The van der Waals surface area contributed by atoms with E-state index in [0.717, 1.165) is 37.2 Å². The molecule has 0 aromatic heterocycles. The van der Waals surface area contributed by atoms with Crippen LogP contribution in [0.4, 0.5) is 4.39 Å². The minimum absolute atomic E-state index is 0.181. The van der Waals surface area contributed by atoms with Gasteiger partial charge in [0, 0.05) is 0 Å². The highest BCUT2D eigenvalue weighted by Gasteiger charge is 1.95. The normalized spacial score (nSPS) is 10.6. The van der Waals surface area contributed by atoms with E-state index in [2.05, 4.69) is 24.4 Å². The second-order valence-electron chi connectivity index (χ2n) is 5.14. The van der Waals surface area contributed by atoms with Crippen LogP contribution in [0.25, 0.3) is 0 Å². The van der Waals surface area contributed by atoms with E-state index < -0.39 is 0 Å². The molecule has 0 aliphatic heterocycles. The van der Waals surface area contributed by atoms with E-state index in [-0.39, 0.29) is 5.82 Å². The Hall–Kier alpha value is -1.87. The summed E-state index contributed by atoms with van der Waals surface area (Å²) in [6, 6.07) is 14.8. The second-order valence-corrected chi connectivity index (χ2v) is 5.14. The summed E-state index contributed by atoms with van der Waals surface area (Å²) in [5.41, 5.74) is 2.39. The summed E-state index contributed by atoms with van der Waals surface area (Å²) in [6.07, 6.45) is 1.89. The highest BCUT2D eigenvalue weighted by Crippen LogP contribution is 2.11. The van der Waals surface area contributed by atoms with Gasteiger partial charge in [-0.2, -0.15) is 0 Å². The van der Waals surface area contributed by atoms with Gasteiger partial charge in [0.1, 0.15) is 11.6 Å². The molecule has 3 heteroatoms. The molecular formula is C18H22FNO. The first kappa shape index (κ1) is 15.5. The van der Waals surface area contributed by atoms with Crippen molar-refractivity contribution in [3.8, 4) is 5.75 Å². The van der Waals surface area contributed by atoms with Crippen LogP contribution in [0.1, 0.15) is 17.5 Å². The smallest absolute Gasteiger partial charge is 0.123 e. The third-order valence-corrected chi connectivity index (χ3v) is 3.29. The molecule has 0 fully saturated rings. The molecule has 0 amide bonds. The van der Waals surface area contributed by atoms with E-state index >= 15 is 0 Å². The van der Waals surface area contributed by atoms with Gasteiger partial charge in [0.15, 0.2) is 0 Å². The van der Waals surface area contributed by atoms with Crippen molar-refractivity contribution in [2.24, 2.45) is 0 Å². The first-order chi connectivity index (χ1) is 10.2. The minimum Gasteiger partial charge on any atom is -0.494 e. The Bertz CT molecular complexity index is 472. The summed E-state index contributed by atoms with van der Waals surface area (Å²) in [7, 11) is 0. The van der Waals surface area contributed by atoms with Crippen LogP contribution in [0.3, 0.4) is 0 Å². The van der Waals surface area contributed by atoms with Gasteiger partial charge in [0.2, 0.25) is 0 Å². The first-order valence-electron chi connectivity index (χ1n) is 7.39. The molecule has 0 spiro atoms. The molecule has 2 aromatic rings. The highest BCUT2D eigenvalue weighted by atomic mass is 19.1. The van der Waals surface area contributed by atoms with Crippen molar-refractivity contribution in [1.82, 2.24) is 5.32 Å². The lowest BCUT2D eigenvalue weighted by molar-refractivity contribution is 0.308. The average Bonchev–Trinajstić information content (AvgIpc) is 2.50. The summed E-state index contributed by atoms with van der Waals surface area (Å²) >= 11 is 0. The maximum absolute atomic E-state index is 12.7. The van der Waals surface area contributed by atoms with Gasteiger partial charge in [0.05, 0.1) is 6.61 Å². The summed E-state index contributed by atoms with van der Waals surface area (Å²) in [5.74, 6) is 0.742. The molecule has 0 aliphatic rings. The lowest BCUT2D eigenvalue weighted by Gasteiger charge is -2.07. The van der Waals surface area contributed by atoms with E-state index in [1.54, 1.807) is 0 Å². The van der Waals surface area contributed by atoms with Crippen molar-refractivity contribution in [3.05, 3.63) is 65.5 Å². The number of hydrogen-bond acceptors (Lipinski definition) is 2. The van der Waals surface area contributed by atoms with Crippen molar-refractivity contribution in [3.63, 3.8) is 0 Å². The number of aryl methyl sites for hydroxylation is 1. The fourth-order valence-corrected chi connectivity index (χ4v) is 2.03. The van der Waals surface area contributed by atoms with Crippen molar-refractivity contribution >= 4 is 0 Å². The first-order valence-corrected chi connectivity index (χ1v) is 7.39. The number of halogens is 1. The van der Waals surface area contributed by atoms with E-state index in [1.807, 2.05) is 24.3 Å².